The number of aliphatic hydroxyl groups excluding tert-OH is 1. The van der Waals surface area contributed by atoms with Crippen molar-refractivity contribution < 1.29 is 14.6 Å². The fourth-order valence-electron chi connectivity index (χ4n) is 1.15. The molecule has 5 heteroatoms. The van der Waals surface area contributed by atoms with Crippen molar-refractivity contribution in [3.8, 4) is 0 Å². The molecule has 0 aliphatic carbocycles. The number of hydrogen-bond donors (Lipinski definition) is 2. The van der Waals surface area contributed by atoms with E-state index in [9.17, 15) is 9.90 Å². The van der Waals surface area contributed by atoms with Gasteiger partial charge in [-0.15, -0.1) is 12.4 Å². The van der Waals surface area contributed by atoms with Crippen molar-refractivity contribution in [1.29, 1.82) is 0 Å². The molecule has 2 atom stereocenters. The molecule has 0 fully saturated rings. The van der Waals surface area contributed by atoms with E-state index in [1.807, 2.05) is 13.8 Å². The molecule has 3 N–H and O–H groups in total. The van der Waals surface area contributed by atoms with Crippen molar-refractivity contribution >= 4 is 18.4 Å². The van der Waals surface area contributed by atoms with E-state index in [1.165, 1.54) is 0 Å². The fraction of sp³-hybridized carbons (Fsp3) is 0.900. The Morgan fingerprint density at radius 3 is 2.13 bits per heavy atom. The summed E-state index contributed by atoms with van der Waals surface area (Å²) in [5.41, 5.74) is 5.64. The Bertz CT molecular complexity index is 186. The number of nitrogens with two attached hydrogens (primary N) is 1. The summed E-state index contributed by atoms with van der Waals surface area (Å²) in [7, 11) is 0. The van der Waals surface area contributed by atoms with Crippen LogP contribution in [0, 0.1) is 5.92 Å². The van der Waals surface area contributed by atoms with Gasteiger partial charge in [-0.3, -0.25) is 0 Å². The summed E-state index contributed by atoms with van der Waals surface area (Å²) in [6, 6.07) is -0.541. The van der Waals surface area contributed by atoms with Crippen LogP contribution in [0.25, 0.3) is 0 Å². The number of rotatable bonds is 5. The van der Waals surface area contributed by atoms with Gasteiger partial charge in [0.25, 0.3) is 0 Å². The molecule has 0 rings (SSSR count). The van der Waals surface area contributed by atoms with Gasteiger partial charge in [-0.05, 0) is 26.2 Å². The zero-order valence-electron chi connectivity index (χ0n) is 9.77. The summed E-state index contributed by atoms with van der Waals surface area (Å²) >= 11 is 0. The molecule has 0 amide bonds. The van der Waals surface area contributed by atoms with Crippen LogP contribution in [0.5, 0.6) is 0 Å². The number of ether oxygens (including phenoxy) is 1. The molecule has 0 saturated heterocycles. The third kappa shape index (κ3) is 7.59. The Balaban J connectivity index is 0. The van der Waals surface area contributed by atoms with Crippen molar-refractivity contribution in [2.75, 3.05) is 0 Å². The van der Waals surface area contributed by atoms with E-state index >= 15 is 0 Å². The molecule has 2 unspecified atom stereocenters. The second-order valence-corrected chi connectivity index (χ2v) is 4.22. The third-order valence-corrected chi connectivity index (χ3v) is 1.74. The first kappa shape index (κ1) is 17.1. The molecular formula is C10H22ClNO3. The average Bonchev–Trinajstić information content (AvgIpc) is 2.00. The Kier molecular flexibility index (Phi) is 9.01. The highest BCUT2D eigenvalue weighted by molar-refractivity contribution is 5.85. The van der Waals surface area contributed by atoms with E-state index in [0.29, 0.717) is 12.3 Å². The second-order valence-electron chi connectivity index (χ2n) is 4.22. The lowest BCUT2D eigenvalue weighted by atomic mass is 10.0. The minimum atomic E-state index is -1.21. The van der Waals surface area contributed by atoms with Crippen molar-refractivity contribution in [3.63, 3.8) is 0 Å². The van der Waals surface area contributed by atoms with Gasteiger partial charge < -0.3 is 15.6 Å². The molecule has 0 heterocycles. The third-order valence-electron chi connectivity index (χ3n) is 1.74. The fourth-order valence-corrected chi connectivity index (χ4v) is 1.15. The lowest BCUT2D eigenvalue weighted by molar-refractivity contribution is -0.158. The van der Waals surface area contributed by atoms with Gasteiger partial charge in [0.05, 0.1) is 6.10 Å². The van der Waals surface area contributed by atoms with E-state index in [1.54, 1.807) is 13.8 Å². The highest BCUT2D eigenvalue weighted by Gasteiger charge is 2.25. The van der Waals surface area contributed by atoms with Crippen LogP contribution in [-0.4, -0.2) is 29.3 Å². The molecule has 0 radical (unpaired) electrons. The van der Waals surface area contributed by atoms with Gasteiger partial charge in [-0.25, -0.2) is 4.79 Å². The lowest BCUT2D eigenvalue weighted by Gasteiger charge is -2.20. The quantitative estimate of drug-likeness (QED) is 0.705. The summed E-state index contributed by atoms with van der Waals surface area (Å²) in [6.07, 6.45) is -0.822. The van der Waals surface area contributed by atoms with Crippen molar-refractivity contribution in [1.82, 2.24) is 0 Å². The molecule has 4 nitrogen and oxygen atoms in total. The molecule has 0 spiro atoms. The van der Waals surface area contributed by atoms with Crippen LogP contribution in [0.3, 0.4) is 0 Å². The van der Waals surface area contributed by atoms with E-state index in [2.05, 4.69) is 0 Å². The van der Waals surface area contributed by atoms with Gasteiger partial charge >= 0.3 is 5.97 Å². The summed E-state index contributed by atoms with van der Waals surface area (Å²) in [5.74, 6) is -0.278. The van der Waals surface area contributed by atoms with Crippen LogP contribution >= 0.6 is 12.4 Å². The van der Waals surface area contributed by atoms with Crippen LogP contribution in [0.15, 0.2) is 0 Å². The van der Waals surface area contributed by atoms with E-state index in [0.717, 1.165) is 0 Å². The highest BCUT2D eigenvalue weighted by atomic mass is 35.5. The summed E-state index contributed by atoms with van der Waals surface area (Å²) in [4.78, 5) is 11.2. The molecule has 15 heavy (non-hydrogen) atoms. The number of carbonyl (C=O) groups excluding carboxylic acids is 1. The molecule has 0 aromatic heterocycles. The minimum Gasteiger partial charge on any atom is -0.461 e. The predicted molar refractivity (Wildman–Crippen MR) is 61.9 cm³/mol. The topological polar surface area (TPSA) is 72.5 Å². The number of esters is 1. The second kappa shape index (κ2) is 7.91. The zero-order chi connectivity index (χ0) is 11.3. The SMILES string of the molecule is CC(C)CC(N)C(O)C(=O)OC(C)C.Cl. The van der Waals surface area contributed by atoms with Gasteiger partial charge in [0.1, 0.15) is 0 Å². The smallest absolute Gasteiger partial charge is 0.336 e. The van der Waals surface area contributed by atoms with Crippen LogP contribution in [0.2, 0.25) is 0 Å². The monoisotopic (exact) mass is 239 g/mol. The van der Waals surface area contributed by atoms with Crippen LogP contribution in [-0.2, 0) is 9.53 Å². The summed E-state index contributed by atoms with van der Waals surface area (Å²) in [6.45, 7) is 7.44. The Labute approximate surface area is 97.6 Å². The molecule has 0 aliphatic rings. The van der Waals surface area contributed by atoms with Crippen molar-refractivity contribution in [2.45, 2.75) is 52.4 Å². The molecule has 0 aromatic carbocycles. The summed E-state index contributed by atoms with van der Waals surface area (Å²) < 4.78 is 4.85. The van der Waals surface area contributed by atoms with E-state index < -0.39 is 18.1 Å². The highest BCUT2D eigenvalue weighted by Crippen LogP contribution is 2.08. The predicted octanol–water partition coefficient (Wildman–Crippen LogP) is 1.09. The lowest BCUT2D eigenvalue weighted by Crippen LogP contribution is -2.42. The number of carbonyl (C=O) groups is 1. The van der Waals surface area contributed by atoms with Gasteiger partial charge in [0.2, 0.25) is 0 Å². The first-order chi connectivity index (χ1) is 6.34. The van der Waals surface area contributed by atoms with Crippen LogP contribution < -0.4 is 5.73 Å². The number of hydrogen-bond acceptors (Lipinski definition) is 4. The first-order valence-electron chi connectivity index (χ1n) is 4.98. The molecule has 0 bridgehead atoms. The standard InChI is InChI=1S/C10H21NO3.ClH/c1-6(2)5-8(11)9(12)10(13)14-7(3)4;/h6-9,12H,5,11H2,1-4H3;1H. The van der Waals surface area contributed by atoms with Crippen molar-refractivity contribution in [3.05, 3.63) is 0 Å². The van der Waals surface area contributed by atoms with E-state index in [4.69, 9.17) is 10.5 Å². The Morgan fingerprint density at radius 2 is 1.80 bits per heavy atom. The molecule has 0 aliphatic heterocycles. The van der Waals surface area contributed by atoms with Gasteiger partial charge in [0, 0.05) is 6.04 Å². The summed E-state index contributed by atoms with van der Waals surface area (Å²) in [5, 5.41) is 9.48. The van der Waals surface area contributed by atoms with Gasteiger partial charge in [-0.1, -0.05) is 13.8 Å². The minimum absolute atomic E-state index is 0. The van der Waals surface area contributed by atoms with E-state index in [-0.39, 0.29) is 18.5 Å². The number of halogens is 1. The van der Waals surface area contributed by atoms with Crippen LogP contribution in [0.1, 0.15) is 34.1 Å². The molecular weight excluding hydrogens is 218 g/mol. The molecule has 0 aromatic rings. The maximum atomic E-state index is 11.2. The maximum absolute atomic E-state index is 11.2. The zero-order valence-corrected chi connectivity index (χ0v) is 10.6. The Hall–Kier alpha value is -0.320. The maximum Gasteiger partial charge on any atom is 0.336 e. The largest absolute Gasteiger partial charge is 0.461 e. The molecule has 92 valence electrons. The van der Waals surface area contributed by atoms with Gasteiger partial charge in [-0.2, -0.15) is 0 Å². The number of aliphatic hydroxyl groups is 1. The molecule has 0 saturated carbocycles. The Morgan fingerprint density at radius 1 is 1.33 bits per heavy atom. The van der Waals surface area contributed by atoms with Gasteiger partial charge in [0.15, 0.2) is 6.10 Å². The normalized spacial score (nSPS) is 14.7. The first-order valence-corrected chi connectivity index (χ1v) is 4.98. The van der Waals surface area contributed by atoms with Crippen molar-refractivity contribution in [2.24, 2.45) is 11.7 Å². The average molecular weight is 240 g/mol. The van der Waals surface area contributed by atoms with Crippen LogP contribution in [0.4, 0.5) is 0 Å².